The molecule has 4 fully saturated rings. The molecule has 0 aromatic heterocycles. The van der Waals surface area contributed by atoms with Crippen molar-refractivity contribution in [3.8, 4) is 6.07 Å². The SMILES string of the molecule is N#CCCCC[C@@H](NC(=O)C12CC3CC(CC(C3)C1)C2)C(=O)O. The van der Waals surface area contributed by atoms with Crippen LogP contribution in [0.1, 0.15) is 64.2 Å². The molecule has 4 rings (SSSR count). The fourth-order valence-electron chi connectivity index (χ4n) is 5.51. The summed E-state index contributed by atoms with van der Waals surface area (Å²) in [6, 6.07) is 1.25. The molecule has 0 aliphatic heterocycles. The van der Waals surface area contributed by atoms with Gasteiger partial charge in [0.15, 0.2) is 0 Å². The fourth-order valence-corrected chi connectivity index (χ4v) is 5.51. The first-order valence-corrected chi connectivity index (χ1v) is 8.93. The van der Waals surface area contributed by atoms with E-state index in [1.807, 2.05) is 0 Å². The maximum Gasteiger partial charge on any atom is 0.326 e. The minimum atomic E-state index is -0.958. The Morgan fingerprint density at radius 2 is 1.70 bits per heavy atom. The molecule has 5 heteroatoms. The summed E-state index contributed by atoms with van der Waals surface area (Å²) < 4.78 is 0. The number of carboxylic acid groups (broad SMARTS) is 1. The second-order valence-corrected chi connectivity index (χ2v) is 7.97. The average molecular weight is 318 g/mol. The Labute approximate surface area is 137 Å². The third-order valence-corrected chi connectivity index (χ3v) is 6.15. The van der Waals surface area contributed by atoms with E-state index >= 15 is 0 Å². The molecule has 23 heavy (non-hydrogen) atoms. The van der Waals surface area contributed by atoms with Crippen molar-refractivity contribution < 1.29 is 14.7 Å². The van der Waals surface area contributed by atoms with Gasteiger partial charge in [-0.2, -0.15) is 5.26 Å². The largest absolute Gasteiger partial charge is 0.480 e. The molecule has 4 aliphatic rings. The number of carbonyl (C=O) groups is 2. The van der Waals surface area contributed by atoms with Gasteiger partial charge in [0.25, 0.3) is 0 Å². The van der Waals surface area contributed by atoms with Gasteiger partial charge in [-0.3, -0.25) is 4.79 Å². The second kappa shape index (κ2) is 6.51. The van der Waals surface area contributed by atoms with Gasteiger partial charge in [-0.05, 0) is 75.5 Å². The van der Waals surface area contributed by atoms with E-state index in [2.05, 4.69) is 11.4 Å². The lowest BCUT2D eigenvalue weighted by molar-refractivity contribution is -0.151. The molecule has 4 saturated carbocycles. The number of carbonyl (C=O) groups excluding carboxylic acids is 1. The number of hydrogen-bond acceptors (Lipinski definition) is 3. The Morgan fingerprint density at radius 3 is 2.17 bits per heavy atom. The lowest BCUT2D eigenvalue weighted by atomic mass is 9.49. The molecule has 2 N–H and O–H groups in total. The summed E-state index contributed by atoms with van der Waals surface area (Å²) in [5.41, 5.74) is -0.297. The van der Waals surface area contributed by atoms with Gasteiger partial charge in [0.2, 0.25) is 5.91 Å². The molecule has 5 nitrogen and oxygen atoms in total. The topological polar surface area (TPSA) is 90.2 Å². The second-order valence-electron chi connectivity index (χ2n) is 7.97. The van der Waals surface area contributed by atoms with E-state index in [0.717, 1.165) is 19.3 Å². The molecule has 0 aromatic rings. The van der Waals surface area contributed by atoms with Gasteiger partial charge >= 0.3 is 5.97 Å². The number of rotatable bonds is 7. The van der Waals surface area contributed by atoms with E-state index in [-0.39, 0.29) is 11.3 Å². The maximum absolute atomic E-state index is 12.9. The standard InChI is InChI=1S/C18H26N2O3/c19-5-3-1-2-4-15(16(21)22)20-17(23)18-9-12-6-13(10-18)8-14(7-12)11-18/h12-15H,1-4,6-11H2,(H,20,23)(H,21,22)/t12?,13?,14?,15-,18?/m1/s1. The summed E-state index contributed by atoms with van der Waals surface area (Å²) in [6.45, 7) is 0. The van der Waals surface area contributed by atoms with Crippen LogP contribution in [0.15, 0.2) is 0 Å². The Kier molecular flexibility index (Phi) is 4.61. The molecular weight excluding hydrogens is 292 g/mol. The van der Waals surface area contributed by atoms with Crippen molar-refractivity contribution in [1.82, 2.24) is 5.32 Å². The number of nitrogens with one attached hydrogen (secondary N) is 1. The molecule has 126 valence electrons. The van der Waals surface area contributed by atoms with E-state index in [4.69, 9.17) is 5.26 Å². The number of aliphatic carboxylic acids is 1. The Morgan fingerprint density at radius 1 is 1.13 bits per heavy atom. The monoisotopic (exact) mass is 318 g/mol. The van der Waals surface area contributed by atoms with Crippen LogP contribution in [0.3, 0.4) is 0 Å². The van der Waals surface area contributed by atoms with E-state index < -0.39 is 12.0 Å². The van der Waals surface area contributed by atoms with Crippen molar-refractivity contribution in [3.63, 3.8) is 0 Å². The zero-order chi connectivity index (χ0) is 16.4. The minimum absolute atomic E-state index is 0.0238. The van der Waals surface area contributed by atoms with Crippen LogP contribution < -0.4 is 5.32 Å². The van der Waals surface area contributed by atoms with E-state index in [9.17, 15) is 14.7 Å². The molecule has 0 radical (unpaired) electrons. The number of amides is 1. The molecule has 0 aromatic carbocycles. The molecule has 4 aliphatic carbocycles. The molecule has 1 amide bonds. The van der Waals surface area contributed by atoms with Crippen LogP contribution >= 0.6 is 0 Å². The van der Waals surface area contributed by atoms with Crippen molar-refractivity contribution in [2.45, 2.75) is 70.3 Å². The van der Waals surface area contributed by atoms with Crippen molar-refractivity contribution in [2.75, 3.05) is 0 Å². The van der Waals surface area contributed by atoms with Crippen LogP contribution in [0.25, 0.3) is 0 Å². The van der Waals surface area contributed by atoms with Crippen molar-refractivity contribution in [1.29, 1.82) is 5.26 Å². The smallest absolute Gasteiger partial charge is 0.326 e. The van der Waals surface area contributed by atoms with Crippen LogP contribution in [0.5, 0.6) is 0 Å². The molecular formula is C18H26N2O3. The fraction of sp³-hybridized carbons (Fsp3) is 0.833. The number of unbranched alkanes of at least 4 members (excludes halogenated alkanes) is 2. The Hall–Kier alpha value is -1.57. The molecule has 1 atom stereocenters. The quantitative estimate of drug-likeness (QED) is 0.706. The van der Waals surface area contributed by atoms with Crippen LogP contribution in [0.2, 0.25) is 0 Å². The highest BCUT2D eigenvalue weighted by atomic mass is 16.4. The third kappa shape index (κ3) is 3.36. The zero-order valence-electron chi connectivity index (χ0n) is 13.6. The molecule has 4 bridgehead atoms. The molecule has 0 spiro atoms. The van der Waals surface area contributed by atoms with Gasteiger partial charge in [0, 0.05) is 11.8 Å². The van der Waals surface area contributed by atoms with Gasteiger partial charge < -0.3 is 10.4 Å². The summed E-state index contributed by atoms with van der Waals surface area (Å²) in [7, 11) is 0. The minimum Gasteiger partial charge on any atom is -0.480 e. The van der Waals surface area contributed by atoms with Gasteiger partial charge in [-0.1, -0.05) is 0 Å². The van der Waals surface area contributed by atoms with Crippen molar-refractivity contribution >= 4 is 11.9 Å². The average Bonchev–Trinajstić information content (AvgIpc) is 2.48. The predicted molar refractivity (Wildman–Crippen MR) is 84.3 cm³/mol. The first-order chi connectivity index (χ1) is 11.0. The summed E-state index contributed by atoms with van der Waals surface area (Å²) >= 11 is 0. The number of carboxylic acids is 1. The first-order valence-electron chi connectivity index (χ1n) is 8.93. The highest BCUT2D eigenvalue weighted by molar-refractivity contribution is 5.87. The van der Waals surface area contributed by atoms with Crippen LogP contribution in [-0.2, 0) is 9.59 Å². The van der Waals surface area contributed by atoms with E-state index in [1.54, 1.807) is 0 Å². The van der Waals surface area contributed by atoms with Gasteiger partial charge in [-0.15, -0.1) is 0 Å². The summed E-state index contributed by atoms with van der Waals surface area (Å²) in [4.78, 5) is 24.3. The normalized spacial score (nSPS) is 35.5. The lowest BCUT2D eigenvalue weighted by Crippen LogP contribution is -2.56. The Bertz CT molecular complexity index is 488. The van der Waals surface area contributed by atoms with E-state index in [0.29, 0.717) is 43.4 Å². The highest BCUT2D eigenvalue weighted by Crippen LogP contribution is 2.60. The van der Waals surface area contributed by atoms with Crippen LogP contribution in [0.4, 0.5) is 0 Å². The Balaban J connectivity index is 1.60. The molecule has 0 heterocycles. The number of nitriles is 1. The van der Waals surface area contributed by atoms with Gasteiger partial charge in [-0.25, -0.2) is 4.79 Å². The van der Waals surface area contributed by atoms with Gasteiger partial charge in [0.05, 0.1) is 6.07 Å². The summed E-state index contributed by atoms with van der Waals surface area (Å²) in [5, 5.41) is 20.8. The molecule has 0 saturated heterocycles. The van der Waals surface area contributed by atoms with Crippen molar-refractivity contribution in [3.05, 3.63) is 0 Å². The zero-order valence-corrected chi connectivity index (χ0v) is 13.6. The van der Waals surface area contributed by atoms with E-state index in [1.165, 1.54) is 19.3 Å². The summed E-state index contributed by atoms with van der Waals surface area (Å²) in [6.07, 6.45) is 8.85. The van der Waals surface area contributed by atoms with Gasteiger partial charge in [0.1, 0.15) is 6.04 Å². The highest BCUT2D eigenvalue weighted by Gasteiger charge is 2.54. The summed E-state index contributed by atoms with van der Waals surface area (Å²) in [5.74, 6) is 1.03. The van der Waals surface area contributed by atoms with Crippen molar-refractivity contribution in [2.24, 2.45) is 23.2 Å². The van der Waals surface area contributed by atoms with Crippen LogP contribution in [0, 0.1) is 34.5 Å². The predicted octanol–water partition coefficient (Wildman–Crippen LogP) is 2.86. The van der Waals surface area contributed by atoms with Crippen LogP contribution in [-0.4, -0.2) is 23.0 Å². The lowest BCUT2D eigenvalue weighted by Gasteiger charge is -2.55. The molecule has 0 unspecified atom stereocenters. The number of hydrogen-bond donors (Lipinski definition) is 2. The number of nitrogens with zero attached hydrogens (tertiary/aromatic N) is 1. The third-order valence-electron chi connectivity index (χ3n) is 6.15. The first kappa shape index (κ1) is 16.3. The maximum atomic E-state index is 12.9.